The average molecular weight is 332 g/mol. The molecular weight excluding hydrogens is 300 g/mol. The number of rotatable bonds is 9. The van der Waals surface area contributed by atoms with E-state index in [4.69, 9.17) is 4.74 Å². The van der Waals surface area contributed by atoms with Crippen LogP contribution in [-0.4, -0.2) is 11.8 Å². The molecule has 1 aromatic carbocycles. The normalized spacial score (nSPS) is 12.1. The van der Waals surface area contributed by atoms with Crippen LogP contribution in [-0.2, 0) is 16.0 Å². The maximum atomic E-state index is 12.4. The van der Waals surface area contributed by atoms with Crippen molar-refractivity contribution >= 4 is 11.8 Å². The monoisotopic (exact) mass is 332 g/mol. The van der Waals surface area contributed by atoms with Gasteiger partial charge in [-0.1, -0.05) is 52.7 Å². The molecule has 3 heteroatoms. The molecule has 1 aromatic rings. The third-order valence-corrected chi connectivity index (χ3v) is 4.56. The van der Waals surface area contributed by atoms with Crippen LogP contribution < -0.4 is 4.74 Å². The molecule has 0 amide bonds. The van der Waals surface area contributed by atoms with Crippen LogP contribution in [0.15, 0.2) is 24.3 Å². The first-order chi connectivity index (χ1) is 11.1. The number of ketones is 1. The standard InChI is InChI=1S/C21H32O3/c1-7-13-20(3,4)18(22)15-16-9-11-17(12-10-16)24-19(23)21(5,6)14-8-2/h9-12H,7-8,13-15H2,1-6H3. The number of Topliss-reactive ketones (excluding diaryl/α,β-unsaturated/α-hetero) is 1. The van der Waals surface area contributed by atoms with E-state index in [0.29, 0.717) is 12.2 Å². The molecule has 0 aliphatic carbocycles. The lowest BCUT2D eigenvalue weighted by Crippen LogP contribution is -2.28. The first-order valence-corrected chi connectivity index (χ1v) is 8.97. The average Bonchev–Trinajstić information content (AvgIpc) is 2.49. The molecule has 0 heterocycles. The molecule has 0 N–H and O–H groups in total. The van der Waals surface area contributed by atoms with E-state index >= 15 is 0 Å². The topological polar surface area (TPSA) is 43.4 Å². The van der Waals surface area contributed by atoms with Crippen LogP contribution in [0.2, 0.25) is 0 Å². The fourth-order valence-electron chi connectivity index (χ4n) is 2.84. The smallest absolute Gasteiger partial charge is 0.316 e. The molecule has 3 nitrogen and oxygen atoms in total. The van der Waals surface area contributed by atoms with E-state index in [0.717, 1.165) is 31.2 Å². The van der Waals surface area contributed by atoms with E-state index in [-0.39, 0.29) is 17.2 Å². The minimum Gasteiger partial charge on any atom is -0.426 e. The Hall–Kier alpha value is -1.64. The van der Waals surface area contributed by atoms with Crippen LogP contribution in [0.1, 0.15) is 72.8 Å². The van der Waals surface area contributed by atoms with Gasteiger partial charge in [0.05, 0.1) is 5.41 Å². The first kappa shape index (κ1) is 20.4. The molecule has 0 aromatic heterocycles. The van der Waals surface area contributed by atoms with Crippen LogP contribution in [0.5, 0.6) is 5.75 Å². The number of benzene rings is 1. The van der Waals surface area contributed by atoms with E-state index in [2.05, 4.69) is 13.8 Å². The highest BCUT2D eigenvalue weighted by molar-refractivity contribution is 5.86. The van der Waals surface area contributed by atoms with Gasteiger partial charge in [0.25, 0.3) is 0 Å². The highest BCUT2D eigenvalue weighted by Gasteiger charge is 2.29. The van der Waals surface area contributed by atoms with E-state index in [9.17, 15) is 9.59 Å². The van der Waals surface area contributed by atoms with Crippen LogP contribution >= 0.6 is 0 Å². The van der Waals surface area contributed by atoms with Gasteiger partial charge in [-0.25, -0.2) is 0 Å². The Morgan fingerprint density at radius 3 is 1.88 bits per heavy atom. The summed E-state index contributed by atoms with van der Waals surface area (Å²) in [5.41, 5.74) is 0.189. The Morgan fingerprint density at radius 2 is 1.38 bits per heavy atom. The zero-order valence-electron chi connectivity index (χ0n) is 16.1. The minimum absolute atomic E-state index is 0.211. The van der Waals surface area contributed by atoms with Gasteiger partial charge in [-0.2, -0.15) is 0 Å². The lowest BCUT2D eigenvalue weighted by Gasteiger charge is -2.22. The Balaban J connectivity index is 2.70. The predicted molar refractivity (Wildman–Crippen MR) is 98.2 cm³/mol. The van der Waals surface area contributed by atoms with Crippen molar-refractivity contribution in [2.24, 2.45) is 10.8 Å². The molecule has 0 spiro atoms. The van der Waals surface area contributed by atoms with Crippen LogP contribution in [0, 0.1) is 10.8 Å². The fraction of sp³-hybridized carbons (Fsp3) is 0.619. The Morgan fingerprint density at radius 1 is 0.875 bits per heavy atom. The summed E-state index contributed by atoms with van der Waals surface area (Å²) in [5.74, 6) is 0.573. The summed E-state index contributed by atoms with van der Waals surface area (Å²) in [6.45, 7) is 12.0. The maximum absolute atomic E-state index is 12.4. The Kier molecular flexibility index (Phi) is 7.19. The van der Waals surface area contributed by atoms with Crippen molar-refractivity contribution in [2.45, 2.75) is 73.6 Å². The van der Waals surface area contributed by atoms with Crippen molar-refractivity contribution in [2.75, 3.05) is 0 Å². The molecule has 0 saturated heterocycles. The van der Waals surface area contributed by atoms with E-state index in [1.165, 1.54) is 0 Å². The van der Waals surface area contributed by atoms with Crippen molar-refractivity contribution < 1.29 is 14.3 Å². The molecule has 134 valence electrons. The quantitative estimate of drug-likeness (QED) is 0.452. The second-order valence-electron chi connectivity index (χ2n) is 7.90. The van der Waals surface area contributed by atoms with E-state index in [1.54, 1.807) is 12.1 Å². The van der Waals surface area contributed by atoms with Crippen molar-refractivity contribution in [1.82, 2.24) is 0 Å². The van der Waals surface area contributed by atoms with Gasteiger partial charge in [-0.05, 0) is 44.4 Å². The third kappa shape index (κ3) is 5.77. The van der Waals surface area contributed by atoms with Gasteiger partial charge in [0.2, 0.25) is 0 Å². The third-order valence-electron chi connectivity index (χ3n) is 4.56. The van der Waals surface area contributed by atoms with Gasteiger partial charge in [0.15, 0.2) is 0 Å². The minimum atomic E-state index is -0.479. The summed E-state index contributed by atoms with van der Waals surface area (Å²) in [7, 11) is 0. The van der Waals surface area contributed by atoms with Crippen molar-refractivity contribution in [3.8, 4) is 5.75 Å². The number of hydrogen-bond donors (Lipinski definition) is 0. The van der Waals surface area contributed by atoms with Gasteiger partial charge in [0, 0.05) is 11.8 Å². The lowest BCUT2D eigenvalue weighted by molar-refractivity contribution is -0.144. The number of carbonyl (C=O) groups excluding carboxylic acids is 2. The summed E-state index contributed by atoms with van der Waals surface area (Å²) < 4.78 is 5.47. The van der Waals surface area contributed by atoms with Gasteiger partial charge in [-0.15, -0.1) is 0 Å². The van der Waals surface area contributed by atoms with Gasteiger partial charge < -0.3 is 4.74 Å². The Labute approximate surface area is 146 Å². The molecule has 0 fully saturated rings. The predicted octanol–water partition coefficient (Wildman–Crippen LogP) is 5.36. The van der Waals surface area contributed by atoms with E-state index < -0.39 is 5.41 Å². The van der Waals surface area contributed by atoms with Crippen LogP contribution in [0.3, 0.4) is 0 Å². The largest absolute Gasteiger partial charge is 0.426 e. The van der Waals surface area contributed by atoms with Crippen molar-refractivity contribution in [3.63, 3.8) is 0 Å². The van der Waals surface area contributed by atoms with E-state index in [1.807, 2.05) is 39.8 Å². The summed E-state index contributed by atoms with van der Waals surface area (Å²) in [6, 6.07) is 7.29. The van der Waals surface area contributed by atoms with Crippen molar-refractivity contribution in [3.05, 3.63) is 29.8 Å². The summed E-state index contributed by atoms with van der Waals surface area (Å²) in [6.07, 6.45) is 4.05. The summed E-state index contributed by atoms with van der Waals surface area (Å²) in [5, 5.41) is 0. The lowest BCUT2D eigenvalue weighted by atomic mass is 9.81. The maximum Gasteiger partial charge on any atom is 0.316 e. The molecule has 0 unspecified atom stereocenters. The molecule has 0 saturated carbocycles. The summed E-state index contributed by atoms with van der Waals surface area (Å²) >= 11 is 0. The number of carbonyl (C=O) groups is 2. The van der Waals surface area contributed by atoms with Crippen molar-refractivity contribution in [1.29, 1.82) is 0 Å². The zero-order valence-corrected chi connectivity index (χ0v) is 16.1. The molecule has 0 aliphatic heterocycles. The number of ether oxygens (including phenoxy) is 1. The first-order valence-electron chi connectivity index (χ1n) is 8.97. The molecule has 24 heavy (non-hydrogen) atoms. The number of hydrogen-bond acceptors (Lipinski definition) is 3. The van der Waals surface area contributed by atoms with Gasteiger partial charge in [-0.3, -0.25) is 9.59 Å². The highest BCUT2D eigenvalue weighted by atomic mass is 16.5. The molecule has 0 atom stereocenters. The molecule has 0 radical (unpaired) electrons. The van der Waals surface area contributed by atoms with Gasteiger partial charge in [0.1, 0.15) is 11.5 Å². The SMILES string of the molecule is CCCC(C)(C)C(=O)Cc1ccc(OC(=O)C(C)(C)CCC)cc1. The zero-order chi connectivity index (χ0) is 18.4. The number of esters is 1. The van der Waals surface area contributed by atoms with Crippen LogP contribution in [0.4, 0.5) is 0 Å². The molecule has 0 aliphatic rings. The summed E-state index contributed by atoms with van der Waals surface area (Å²) in [4.78, 5) is 24.6. The second-order valence-corrected chi connectivity index (χ2v) is 7.90. The molecular formula is C21H32O3. The fourth-order valence-corrected chi connectivity index (χ4v) is 2.84. The second kappa shape index (κ2) is 8.46. The Bertz CT molecular complexity index is 502. The molecule has 0 bridgehead atoms. The molecule has 1 rings (SSSR count). The van der Waals surface area contributed by atoms with Gasteiger partial charge >= 0.3 is 5.97 Å². The van der Waals surface area contributed by atoms with Crippen LogP contribution in [0.25, 0.3) is 0 Å². The highest BCUT2D eigenvalue weighted by Crippen LogP contribution is 2.27.